The molecule has 0 spiro atoms. The van der Waals surface area contributed by atoms with Crippen molar-refractivity contribution < 1.29 is 9.53 Å². The maximum atomic E-state index is 11.3. The minimum atomic E-state index is -0.461. The molecule has 0 radical (unpaired) electrons. The van der Waals surface area contributed by atoms with Crippen molar-refractivity contribution in [1.82, 2.24) is 0 Å². The number of anilines is 1. The van der Waals surface area contributed by atoms with E-state index in [-0.39, 0.29) is 0 Å². The van der Waals surface area contributed by atoms with Crippen molar-refractivity contribution >= 4 is 38.2 Å². The first-order chi connectivity index (χ1) is 6.65. The fraction of sp³-hybridized carbons (Fsp3) is 0.250. The number of hydrogen-bond acceptors (Lipinski definition) is 5. The number of alkyl halides is 1. The highest BCUT2D eigenvalue weighted by atomic mass is 79.9. The first-order valence-corrected chi connectivity index (χ1v) is 5.55. The molecule has 0 aromatic carbocycles. The predicted octanol–water partition coefficient (Wildman–Crippen LogP) is 1.88. The number of nitrogens with zero attached hydrogens (tertiary/aromatic N) is 1. The number of rotatable bonds is 2. The molecule has 0 aliphatic heterocycles. The Balaban J connectivity index is 3.33. The number of thiophene rings is 1. The van der Waals surface area contributed by atoms with Crippen LogP contribution < -0.4 is 5.73 Å². The molecule has 1 aromatic rings. The van der Waals surface area contributed by atoms with E-state index in [1.807, 2.05) is 6.07 Å². The molecule has 0 amide bonds. The number of hydrogen-bond donors (Lipinski definition) is 1. The number of esters is 1. The molecule has 0 aliphatic rings. The molecular weight excluding hydrogens is 268 g/mol. The zero-order chi connectivity index (χ0) is 10.7. The van der Waals surface area contributed by atoms with E-state index in [1.54, 1.807) is 0 Å². The van der Waals surface area contributed by atoms with Crippen LogP contribution in [0.1, 0.15) is 20.8 Å². The van der Waals surface area contributed by atoms with Gasteiger partial charge in [0.05, 0.1) is 12.7 Å². The Morgan fingerprint density at radius 1 is 1.79 bits per heavy atom. The number of nitriles is 1. The van der Waals surface area contributed by atoms with Crippen LogP contribution in [-0.4, -0.2) is 13.1 Å². The van der Waals surface area contributed by atoms with Gasteiger partial charge >= 0.3 is 5.97 Å². The van der Waals surface area contributed by atoms with Gasteiger partial charge in [-0.05, 0) is 0 Å². The smallest absolute Gasteiger partial charge is 0.348 e. The average Bonchev–Trinajstić information content (AvgIpc) is 2.53. The minimum absolute atomic E-state index is 0.349. The van der Waals surface area contributed by atoms with Crippen molar-refractivity contribution in [1.29, 1.82) is 5.26 Å². The largest absolute Gasteiger partial charge is 0.465 e. The first-order valence-electron chi connectivity index (χ1n) is 3.61. The number of carbonyl (C=O) groups is 1. The van der Waals surface area contributed by atoms with Crippen molar-refractivity contribution in [3.8, 4) is 6.07 Å². The Labute approximate surface area is 93.4 Å². The second-order valence-electron chi connectivity index (χ2n) is 2.39. The second kappa shape index (κ2) is 4.44. The van der Waals surface area contributed by atoms with Crippen LogP contribution in [0.25, 0.3) is 0 Å². The number of ether oxygens (including phenoxy) is 1. The number of halogens is 1. The molecule has 0 bridgehead atoms. The Bertz CT molecular complexity index is 408. The SMILES string of the molecule is COC(=O)c1sc(N)c(C#N)c1CBr. The summed E-state index contributed by atoms with van der Waals surface area (Å²) in [5, 5.41) is 9.56. The summed E-state index contributed by atoms with van der Waals surface area (Å²) in [6.45, 7) is 0. The number of nitrogens with two attached hydrogens (primary N) is 1. The Morgan fingerprint density at radius 3 is 2.86 bits per heavy atom. The summed E-state index contributed by atoms with van der Waals surface area (Å²) >= 11 is 4.28. The molecule has 1 aromatic heterocycles. The standard InChI is InChI=1S/C8H7BrN2O2S/c1-13-8(12)6-4(2-9)5(3-10)7(11)14-6/h2,11H2,1H3. The number of carbonyl (C=O) groups excluding carboxylic acids is 1. The maximum absolute atomic E-state index is 11.3. The normalized spacial score (nSPS) is 9.50. The second-order valence-corrected chi connectivity index (χ2v) is 4.00. The molecule has 1 heterocycles. The maximum Gasteiger partial charge on any atom is 0.348 e. The van der Waals surface area contributed by atoms with E-state index in [1.165, 1.54) is 7.11 Å². The third kappa shape index (κ3) is 1.74. The highest BCUT2D eigenvalue weighted by Gasteiger charge is 2.20. The predicted molar refractivity (Wildman–Crippen MR) is 57.4 cm³/mol. The van der Waals surface area contributed by atoms with Crippen LogP contribution in [0.4, 0.5) is 5.00 Å². The zero-order valence-corrected chi connectivity index (χ0v) is 9.74. The monoisotopic (exact) mass is 274 g/mol. The van der Waals surface area contributed by atoms with Gasteiger partial charge in [0.15, 0.2) is 0 Å². The van der Waals surface area contributed by atoms with Crippen molar-refractivity contribution in [2.24, 2.45) is 0 Å². The van der Waals surface area contributed by atoms with E-state index in [2.05, 4.69) is 20.7 Å². The van der Waals surface area contributed by atoms with E-state index in [4.69, 9.17) is 11.0 Å². The van der Waals surface area contributed by atoms with Crippen LogP contribution in [0.3, 0.4) is 0 Å². The molecule has 0 aliphatic carbocycles. The lowest BCUT2D eigenvalue weighted by molar-refractivity contribution is 0.0605. The van der Waals surface area contributed by atoms with Gasteiger partial charge in [-0.2, -0.15) is 5.26 Å². The van der Waals surface area contributed by atoms with E-state index in [9.17, 15) is 4.79 Å². The van der Waals surface area contributed by atoms with Gasteiger partial charge in [0.25, 0.3) is 0 Å². The number of nitrogen functional groups attached to an aromatic ring is 1. The molecule has 0 unspecified atom stereocenters. The van der Waals surface area contributed by atoms with E-state index in [0.717, 1.165) is 11.3 Å². The molecule has 0 saturated carbocycles. The molecule has 2 N–H and O–H groups in total. The highest BCUT2D eigenvalue weighted by molar-refractivity contribution is 9.08. The van der Waals surface area contributed by atoms with Crippen molar-refractivity contribution in [2.45, 2.75) is 5.33 Å². The van der Waals surface area contributed by atoms with Crippen LogP contribution in [0.2, 0.25) is 0 Å². The van der Waals surface area contributed by atoms with Crippen molar-refractivity contribution in [3.63, 3.8) is 0 Å². The van der Waals surface area contributed by atoms with Gasteiger partial charge in [-0.15, -0.1) is 11.3 Å². The first kappa shape index (κ1) is 11.0. The molecule has 0 atom stereocenters. The molecular formula is C8H7BrN2O2S. The fourth-order valence-corrected chi connectivity index (χ4v) is 2.69. The Morgan fingerprint density at radius 2 is 2.43 bits per heavy atom. The summed E-state index contributed by atoms with van der Waals surface area (Å²) in [6, 6.07) is 1.96. The van der Waals surface area contributed by atoms with Gasteiger partial charge in [0.2, 0.25) is 0 Å². The molecule has 14 heavy (non-hydrogen) atoms. The lowest BCUT2D eigenvalue weighted by atomic mass is 10.2. The van der Waals surface area contributed by atoms with Crippen LogP contribution >= 0.6 is 27.3 Å². The highest BCUT2D eigenvalue weighted by Crippen LogP contribution is 2.32. The lowest BCUT2D eigenvalue weighted by Crippen LogP contribution is -2.01. The van der Waals surface area contributed by atoms with Crippen LogP contribution in [-0.2, 0) is 10.1 Å². The van der Waals surface area contributed by atoms with Gasteiger partial charge < -0.3 is 10.5 Å². The van der Waals surface area contributed by atoms with Gasteiger partial charge in [-0.3, -0.25) is 0 Å². The topological polar surface area (TPSA) is 76.1 Å². The third-order valence-corrected chi connectivity index (χ3v) is 3.25. The summed E-state index contributed by atoms with van der Waals surface area (Å²) in [7, 11) is 1.29. The van der Waals surface area contributed by atoms with E-state index >= 15 is 0 Å². The summed E-state index contributed by atoms with van der Waals surface area (Å²) in [6.07, 6.45) is 0. The van der Waals surface area contributed by atoms with Crippen LogP contribution in [0, 0.1) is 11.3 Å². The fourth-order valence-electron chi connectivity index (χ4n) is 0.992. The van der Waals surface area contributed by atoms with Crippen LogP contribution in [0.15, 0.2) is 0 Å². The van der Waals surface area contributed by atoms with E-state index < -0.39 is 5.97 Å². The summed E-state index contributed by atoms with van der Waals surface area (Å²) in [4.78, 5) is 11.7. The van der Waals surface area contributed by atoms with E-state index in [0.29, 0.717) is 26.3 Å². The Kier molecular flexibility index (Phi) is 3.49. The average molecular weight is 275 g/mol. The van der Waals surface area contributed by atoms with Gasteiger partial charge in [0, 0.05) is 10.9 Å². The van der Waals surface area contributed by atoms with Gasteiger partial charge in [0.1, 0.15) is 15.9 Å². The molecule has 74 valence electrons. The quantitative estimate of drug-likeness (QED) is 0.660. The molecule has 0 fully saturated rings. The van der Waals surface area contributed by atoms with Gasteiger partial charge in [-0.1, -0.05) is 15.9 Å². The van der Waals surface area contributed by atoms with Crippen molar-refractivity contribution in [3.05, 3.63) is 16.0 Å². The van der Waals surface area contributed by atoms with Crippen LogP contribution in [0.5, 0.6) is 0 Å². The Hall–Kier alpha value is -1.06. The van der Waals surface area contributed by atoms with Crippen molar-refractivity contribution in [2.75, 3.05) is 12.8 Å². The molecule has 0 saturated heterocycles. The van der Waals surface area contributed by atoms with Gasteiger partial charge in [-0.25, -0.2) is 4.79 Å². The summed E-state index contributed by atoms with van der Waals surface area (Å²) in [5.74, 6) is -0.461. The zero-order valence-electron chi connectivity index (χ0n) is 7.33. The molecule has 1 rings (SSSR count). The number of methoxy groups -OCH3 is 1. The summed E-state index contributed by atoms with van der Waals surface area (Å²) in [5.41, 5.74) is 6.54. The summed E-state index contributed by atoms with van der Waals surface area (Å²) < 4.78 is 4.58. The molecule has 4 nitrogen and oxygen atoms in total. The lowest BCUT2D eigenvalue weighted by Gasteiger charge is -1.97. The third-order valence-electron chi connectivity index (χ3n) is 1.65. The molecule has 6 heteroatoms. The minimum Gasteiger partial charge on any atom is -0.465 e.